The first kappa shape index (κ1) is 23.0. The van der Waals surface area contributed by atoms with Crippen molar-refractivity contribution in [2.24, 2.45) is 0 Å². The Balaban J connectivity index is -0.000000206. The van der Waals surface area contributed by atoms with Crippen LogP contribution in [0.5, 0.6) is 0 Å². The molecule has 0 bridgehead atoms. The summed E-state index contributed by atoms with van der Waals surface area (Å²) in [6, 6.07) is 0. The Hall–Kier alpha value is -1.14. The number of carboxylic acid groups (broad SMARTS) is 2. The molecule has 0 radical (unpaired) electrons. The number of hydrogen-bond donors (Lipinski definition) is 4. The maximum absolute atomic E-state index is 9.76. The first-order chi connectivity index (χ1) is 8.81. The summed E-state index contributed by atoms with van der Waals surface area (Å²) in [6.45, 7) is 5.34. The van der Waals surface area contributed by atoms with Crippen molar-refractivity contribution < 1.29 is 30.0 Å². The Morgan fingerprint density at radius 1 is 0.947 bits per heavy atom. The van der Waals surface area contributed by atoms with Gasteiger partial charge >= 0.3 is 11.9 Å². The van der Waals surface area contributed by atoms with Crippen LogP contribution in [0.2, 0.25) is 0 Å². The number of aliphatic carboxylic acids is 2. The van der Waals surface area contributed by atoms with E-state index in [9.17, 15) is 9.59 Å². The highest BCUT2D eigenvalue weighted by molar-refractivity contribution is 5.66. The quantitative estimate of drug-likeness (QED) is 0.566. The summed E-state index contributed by atoms with van der Waals surface area (Å²) in [6.07, 6.45) is 3.60. The molecule has 0 heterocycles. The Morgan fingerprint density at radius 3 is 1.26 bits per heavy atom. The third kappa shape index (κ3) is 47.4. The predicted molar refractivity (Wildman–Crippen MR) is 73.1 cm³/mol. The standard InChI is InChI=1S/2C5H10O2.C3H8O2/c2*1-2-3-4-5(6)7;1-3(5)2-4/h2*2-4H2,1H3,(H,6,7);3-5H,2H2,1H3. The molecule has 1 atom stereocenters. The minimum absolute atomic E-state index is 0.139. The summed E-state index contributed by atoms with van der Waals surface area (Å²) in [5.74, 6) is -1.39. The van der Waals surface area contributed by atoms with E-state index in [0.29, 0.717) is 12.8 Å². The normalized spacial score (nSPS) is 10.4. The number of aliphatic hydroxyl groups excluding tert-OH is 2. The van der Waals surface area contributed by atoms with Crippen LogP contribution in [0.15, 0.2) is 0 Å². The highest BCUT2D eigenvalue weighted by atomic mass is 16.4. The minimum Gasteiger partial charge on any atom is -0.481 e. The van der Waals surface area contributed by atoms with Crippen molar-refractivity contribution in [1.29, 1.82) is 0 Å². The summed E-state index contributed by atoms with van der Waals surface area (Å²) < 4.78 is 0. The Bertz CT molecular complexity index is 185. The van der Waals surface area contributed by atoms with Gasteiger partial charge in [-0.3, -0.25) is 9.59 Å². The van der Waals surface area contributed by atoms with Crippen molar-refractivity contribution in [3.05, 3.63) is 0 Å². The van der Waals surface area contributed by atoms with Gasteiger partial charge < -0.3 is 20.4 Å². The molecule has 0 fully saturated rings. The number of carbonyl (C=O) groups is 2. The lowest BCUT2D eigenvalue weighted by Crippen LogP contribution is -2.03. The lowest BCUT2D eigenvalue weighted by Gasteiger charge is -1.90. The second-order valence-corrected chi connectivity index (χ2v) is 4.03. The smallest absolute Gasteiger partial charge is 0.303 e. The van der Waals surface area contributed by atoms with Gasteiger partial charge in [0.2, 0.25) is 0 Å². The van der Waals surface area contributed by atoms with Gasteiger partial charge in [0, 0.05) is 12.8 Å². The van der Waals surface area contributed by atoms with E-state index in [0.717, 1.165) is 25.7 Å². The fraction of sp³-hybridized carbons (Fsp3) is 0.846. The van der Waals surface area contributed by atoms with Crippen molar-refractivity contribution in [1.82, 2.24) is 0 Å². The van der Waals surface area contributed by atoms with Crippen LogP contribution in [-0.4, -0.2) is 45.1 Å². The zero-order chi connectivity index (χ0) is 15.7. The zero-order valence-electron chi connectivity index (χ0n) is 12.1. The van der Waals surface area contributed by atoms with Crippen LogP contribution in [0, 0.1) is 0 Å². The van der Waals surface area contributed by atoms with Gasteiger partial charge in [-0.2, -0.15) is 0 Å². The SMILES string of the molecule is CC(O)CO.CCCCC(=O)O.CCCCC(=O)O. The predicted octanol–water partition coefficient (Wildman–Crippen LogP) is 1.88. The molecule has 0 aromatic heterocycles. The molecule has 0 saturated carbocycles. The minimum atomic E-state index is -0.693. The first-order valence-corrected chi connectivity index (χ1v) is 6.54. The van der Waals surface area contributed by atoms with E-state index in [1.54, 1.807) is 0 Å². The van der Waals surface area contributed by atoms with Crippen molar-refractivity contribution in [3.63, 3.8) is 0 Å². The van der Waals surface area contributed by atoms with E-state index in [1.165, 1.54) is 6.92 Å². The van der Waals surface area contributed by atoms with Gasteiger partial charge in [0.05, 0.1) is 12.7 Å². The van der Waals surface area contributed by atoms with Crippen LogP contribution in [0.25, 0.3) is 0 Å². The number of rotatable bonds is 7. The molecule has 1 unspecified atom stereocenters. The molecule has 0 spiro atoms. The molecule has 0 aromatic rings. The first-order valence-electron chi connectivity index (χ1n) is 6.54. The Kier molecular flexibility index (Phi) is 23.2. The van der Waals surface area contributed by atoms with Crippen LogP contribution in [0.1, 0.15) is 59.3 Å². The lowest BCUT2D eigenvalue weighted by atomic mass is 10.3. The van der Waals surface area contributed by atoms with Gasteiger partial charge in [0.1, 0.15) is 0 Å². The van der Waals surface area contributed by atoms with E-state index < -0.39 is 18.0 Å². The fourth-order valence-corrected chi connectivity index (χ4v) is 0.656. The van der Waals surface area contributed by atoms with Gasteiger partial charge in [-0.05, 0) is 19.8 Å². The van der Waals surface area contributed by atoms with Crippen molar-refractivity contribution >= 4 is 11.9 Å². The topological polar surface area (TPSA) is 115 Å². The molecule has 19 heavy (non-hydrogen) atoms. The van der Waals surface area contributed by atoms with E-state index in [-0.39, 0.29) is 6.61 Å². The molecule has 0 aromatic carbocycles. The second-order valence-electron chi connectivity index (χ2n) is 4.03. The van der Waals surface area contributed by atoms with Gasteiger partial charge in [0.25, 0.3) is 0 Å². The van der Waals surface area contributed by atoms with Gasteiger partial charge in [-0.25, -0.2) is 0 Å². The van der Waals surface area contributed by atoms with Crippen LogP contribution in [0.3, 0.4) is 0 Å². The highest BCUT2D eigenvalue weighted by Crippen LogP contribution is 1.91. The number of carboxylic acids is 2. The van der Waals surface area contributed by atoms with Crippen molar-refractivity contribution in [3.8, 4) is 0 Å². The maximum Gasteiger partial charge on any atom is 0.303 e. The summed E-state index contributed by atoms with van der Waals surface area (Å²) in [5, 5.41) is 32.1. The highest BCUT2D eigenvalue weighted by Gasteiger charge is 1.91. The largest absolute Gasteiger partial charge is 0.481 e. The van der Waals surface area contributed by atoms with Gasteiger partial charge in [0.15, 0.2) is 0 Å². The Morgan fingerprint density at radius 2 is 1.21 bits per heavy atom. The molecule has 6 heteroatoms. The van der Waals surface area contributed by atoms with Gasteiger partial charge in [-0.15, -0.1) is 0 Å². The summed E-state index contributed by atoms with van der Waals surface area (Å²) in [5.41, 5.74) is 0. The maximum atomic E-state index is 9.76. The average Bonchev–Trinajstić information content (AvgIpc) is 2.35. The van der Waals surface area contributed by atoms with Crippen molar-refractivity contribution in [2.75, 3.05) is 6.61 Å². The molecular formula is C13H28O6. The molecule has 0 aliphatic heterocycles. The van der Waals surface area contributed by atoms with E-state index in [4.69, 9.17) is 20.4 Å². The third-order valence-corrected chi connectivity index (χ3v) is 1.75. The molecule has 4 N–H and O–H groups in total. The monoisotopic (exact) mass is 280 g/mol. The van der Waals surface area contributed by atoms with Gasteiger partial charge in [-0.1, -0.05) is 26.7 Å². The number of hydrogen-bond acceptors (Lipinski definition) is 4. The molecule has 116 valence electrons. The average molecular weight is 280 g/mol. The second kappa shape index (κ2) is 19.2. The molecule has 0 amide bonds. The summed E-state index contributed by atoms with van der Waals surface area (Å²) in [7, 11) is 0. The van der Waals surface area contributed by atoms with E-state index in [2.05, 4.69) is 0 Å². The van der Waals surface area contributed by atoms with Crippen LogP contribution in [-0.2, 0) is 9.59 Å². The molecule has 0 rings (SSSR count). The lowest BCUT2D eigenvalue weighted by molar-refractivity contribution is -0.138. The van der Waals surface area contributed by atoms with E-state index >= 15 is 0 Å². The number of aliphatic hydroxyl groups is 2. The number of unbranched alkanes of at least 4 members (excludes halogenated alkanes) is 2. The van der Waals surface area contributed by atoms with Crippen molar-refractivity contribution in [2.45, 2.75) is 65.4 Å². The zero-order valence-corrected chi connectivity index (χ0v) is 12.1. The molecule has 0 aliphatic carbocycles. The third-order valence-electron chi connectivity index (χ3n) is 1.75. The molecular weight excluding hydrogens is 252 g/mol. The molecule has 6 nitrogen and oxygen atoms in total. The molecule has 0 saturated heterocycles. The molecule has 0 aliphatic rings. The summed E-state index contributed by atoms with van der Waals surface area (Å²) in [4.78, 5) is 19.5. The van der Waals surface area contributed by atoms with Crippen LogP contribution in [0.4, 0.5) is 0 Å². The fourth-order valence-electron chi connectivity index (χ4n) is 0.656. The van der Waals surface area contributed by atoms with Crippen LogP contribution < -0.4 is 0 Å². The Labute approximate surface area is 115 Å². The van der Waals surface area contributed by atoms with Crippen LogP contribution >= 0.6 is 0 Å². The van der Waals surface area contributed by atoms with E-state index in [1.807, 2.05) is 13.8 Å². The summed E-state index contributed by atoms with van der Waals surface area (Å²) >= 11 is 0.